The van der Waals surface area contributed by atoms with Gasteiger partial charge in [0.15, 0.2) is 0 Å². The van der Waals surface area contributed by atoms with Crippen LogP contribution in [0.4, 0.5) is 0 Å². The monoisotopic (exact) mass is 1070 g/mol. The number of carboxylic acid groups (broad SMARTS) is 7. The molecule has 0 spiro atoms. The molecule has 0 aromatic carbocycles. The predicted octanol–water partition coefficient (Wildman–Crippen LogP) is 0.374. The number of amides is 7. The number of nitrogens with one attached hydrogen (secondary N) is 7. The van der Waals surface area contributed by atoms with E-state index in [4.69, 9.17) is 5.11 Å². The van der Waals surface area contributed by atoms with Gasteiger partial charge in [0, 0.05) is 44.9 Å². The average molecular weight is 1070 g/mol. The minimum Gasteiger partial charge on any atom is -0.480 e. The van der Waals surface area contributed by atoms with Crippen LogP contribution in [0, 0.1) is 0 Å². The van der Waals surface area contributed by atoms with Crippen LogP contribution in [0.2, 0.25) is 0 Å². The normalized spacial score (nSPS) is 13.6. The van der Waals surface area contributed by atoms with Crippen LogP contribution < -0.4 is 37.2 Å². The van der Waals surface area contributed by atoms with Crippen LogP contribution in [-0.4, -0.2) is 161 Å². The van der Waals surface area contributed by atoms with Crippen LogP contribution in [-0.2, 0) is 67.1 Å². The Bertz CT molecular complexity index is 1970. The largest absolute Gasteiger partial charge is 0.480 e. The molecule has 7 unspecified atom stereocenters. The Morgan fingerprint density at radius 1 is 0.267 bits per heavy atom. The molecule has 0 bridgehead atoms. The first-order valence-corrected chi connectivity index (χ1v) is 24.9. The SMILES string of the molecule is CCCCCCCCCCCCCC(=O)NC(CCC(=O)NC(CCC(=O)NC(CCC(=O)NC(CCC(=O)NC(CCC(=O)NC(CCC(=O)NC(C)C(=O)O)C(=O)O)C(=O)O)C(=O)O)C(=O)O)C(=O)O)C(=O)O. The fourth-order valence-electron chi connectivity index (χ4n) is 7.12. The van der Waals surface area contributed by atoms with Crippen molar-refractivity contribution in [3.8, 4) is 0 Å². The molecule has 0 radical (unpaired) electrons. The first-order valence-electron chi connectivity index (χ1n) is 24.9. The second-order valence-electron chi connectivity index (χ2n) is 17.9. The van der Waals surface area contributed by atoms with Gasteiger partial charge in [-0.25, -0.2) is 28.8 Å². The average Bonchev–Trinajstić information content (AvgIpc) is 3.32. The molecular weight excluding hydrogens is 999 g/mol. The number of aliphatic carboxylic acids is 7. The lowest BCUT2D eigenvalue weighted by molar-refractivity contribution is -0.144. The van der Waals surface area contributed by atoms with E-state index in [9.17, 15) is 97.8 Å². The van der Waals surface area contributed by atoms with Gasteiger partial charge in [-0.15, -0.1) is 0 Å². The Balaban J connectivity index is 4.99. The number of unbranched alkanes of at least 4 members (excludes halogenated alkanes) is 10. The minimum atomic E-state index is -1.77. The molecule has 0 aromatic heterocycles. The third-order valence-corrected chi connectivity index (χ3v) is 11.5. The second-order valence-corrected chi connectivity index (χ2v) is 17.9. The van der Waals surface area contributed by atoms with E-state index in [1.807, 2.05) is 0 Å². The Kier molecular flexibility index (Phi) is 34.4. The van der Waals surface area contributed by atoms with Gasteiger partial charge < -0.3 is 73.0 Å². The fourth-order valence-corrected chi connectivity index (χ4v) is 7.12. The maximum Gasteiger partial charge on any atom is 0.326 e. The van der Waals surface area contributed by atoms with Crippen LogP contribution in [0.5, 0.6) is 0 Å². The summed E-state index contributed by atoms with van der Waals surface area (Å²) in [5.41, 5.74) is 0. The molecule has 0 aliphatic carbocycles. The first kappa shape index (κ1) is 67.6. The molecule has 0 saturated carbocycles. The van der Waals surface area contributed by atoms with Gasteiger partial charge in [0.1, 0.15) is 42.3 Å². The number of carbonyl (C=O) groups is 14. The molecule has 0 heterocycles. The van der Waals surface area contributed by atoms with Crippen LogP contribution in [0.25, 0.3) is 0 Å². The Morgan fingerprint density at radius 3 is 0.653 bits per heavy atom. The number of rotatable bonds is 44. The van der Waals surface area contributed by atoms with Gasteiger partial charge in [0.05, 0.1) is 0 Å². The van der Waals surface area contributed by atoms with E-state index in [2.05, 4.69) is 44.1 Å². The van der Waals surface area contributed by atoms with Gasteiger partial charge in [-0.05, 0) is 51.9 Å². The predicted molar refractivity (Wildman–Crippen MR) is 259 cm³/mol. The summed E-state index contributed by atoms with van der Waals surface area (Å²) in [7, 11) is 0. The molecule has 0 fully saturated rings. The molecule has 28 nitrogen and oxygen atoms in total. The lowest BCUT2D eigenvalue weighted by Gasteiger charge is -2.19. The molecule has 0 aliphatic rings. The molecule has 75 heavy (non-hydrogen) atoms. The molecule has 7 atom stereocenters. The van der Waals surface area contributed by atoms with E-state index in [0.717, 1.165) is 32.1 Å². The van der Waals surface area contributed by atoms with Crippen molar-refractivity contribution in [2.45, 2.75) is 210 Å². The smallest absolute Gasteiger partial charge is 0.326 e. The van der Waals surface area contributed by atoms with Gasteiger partial charge in [-0.2, -0.15) is 0 Å². The summed E-state index contributed by atoms with van der Waals surface area (Å²) in [6, 6.07) is -11.3. The fraction of sp³-hybridized carbons (Fsp3) is 0.702. The summed E-state index contributed by atoms with van der Waals surface area (Å²) in [5, 5.41) is 81.3. The van der Waals surface area contributed by atoms with Gasteiger partial charge in [0.2, 0.25) is 41.4 Å². The van der Waals surface area contributed by atoms with E-state index in [0.29, 0.717) is 6.42 Å². The zero-order valence-electron chi connectivity index (χ0n) is 42.4. The Hall–Kier alpha value is -7.42. The van der Waals surface area contributed by atoms with Crippen molar-refractivity contribution in [3.63, 3.8) is 0 Å². The molecule has 424 valence electrons. The summed E-state index contributed by atoms with van der Waals surface area (Å²) in [5.74, 6) is -17.1. The summed E-state index contributed by atoms with van der Waals surface area (Å²) in [6.07, 6.45) is 4.96. The molecular formula is C47H75N7O21. The highest BCUT2D eigenvalue weighted by Crippen LogP contribution is 2.13. The van der Waals surface area contributed by atoms with Crippen molar-refractivity contribution in [2.24, 2.45) is 0 Å². The van der Waals surface area contributed by atoms with Gasteiger partial charge >= 0.3 is 41.8 Å². The van der Waals surface area contributed by atoms with Crippen molar-refractivity contribution in [2.75, 3.05) is 0 Å². The lowest BCUT2D eigenvalue weighted by Crippen LogP contribution is -2.46. The van der Waals surface area contributed by atoms with Crippen LogP contribution in [0.15, 0.2) is 0 Å². The zero-order valence-corrected chi connectivity index (χ0v) is 42.4. The first-order chi connectivity index (χ1) is 35.3. The lowest BCUT2D eigenvalue weighted by atomic mass is 10.0. The Morgan fingerprint density at radius 2 is 0.453 bits per heavy atom. The zero-order chi connectivity index (χ0) is 57.0. The van der Waals surface area contributed by atoms with Crippen LogP contribution in [0.1, 0.15) is 168 Å². The molecule has 0 aliphatic heterocycles. The molecule has 28 heteroatoms. The standard InChI is InChI=1S/C47H75N7O21/c1-3-4-5-6-7-8-9-10-11-12-13-14-34(55)49-28(42(64)65)16-22-36(57)51-30(44(68)69)18-24-38(59)53-32(46(72)73)20-26-40(61)54-33(47(74)75)19-25-39(60)52-31(45(70)71)17-23-37(58)50-29(43(66)67)15-21-35(56)48-27(2)41(62)63/h27-33H,3-26H2,1-2H3,(H,48,56)(H,49,55)(H,50,58)(H,51,57)(H,52,60)(H,53,59)(H,54,61)(H,62,63)(H,64,65)(H,66,67)(H,68,69)(H,70,71)(H,72,73)(H,74,75). The van der Waals surface area contributed by atoms with E-state index in [1.54, 1.807) is 0 Å². The number of hydrogen-bond acceptors (Lipinski definition) is 14. The molecule has 14 N–H and O–H groups in total. The van der Waals surface area contributed by atoms with Crippen LogP contribution in [0.3, 0.4) is 0 Å². The van der Waals surface area contributed by atoms with Gasteiger partial charge in [-0.1, -0.05) is 71.1 Å². The van der Waals surface area contributed by atoms with Crippen molar-refractivity contribution >= 4 is 83.1 Å². The summed E-state index contributed by atoms with van der Waals surface area (Å²) >= 11 is 0. The highest BCUT2D eigenvalue weighted by molar-refractivity contribution is 5.90. The van der Waals surface area contributed by atoms with Gasteiger partial charge in [0.25, 0.3) is 0 Å². The number of carboxylic acids is 7. The van der Waals surface area contributed by atoms with E-state index in [-0.39, 0.29) is 12.8 Å². The van der Waals surface area contributed by atoms with Crippen molar-refractivity contribution in [3.05, 3.63) is 0 Å². The molecule has 0 aromatic rings. The van der Waals surface area contributed by atoms with E-state index < -0.39 is 196 Å². The summed E-state index contributed by atoms with van der Waals surface area (Å²) < 4.78 is 0. The van der Waals surface area contributed by atoms with Crippen LogP contribution >= 0.6 is 0 Å². The molecule has 0 saturated heterocycles. The summed E-state index contributed by atoms with van der Waals surface area (Å²) in [6.45, 7) is 3.34. The maximum atomic E-state index is 12.7. The van der Waals surface area contributed by atoms with E-state index >= 15 is 0 Å². The highest BCUT2D eigenvalue weighted by Gasteiger charge is 2.29. The topological polar surface area (TPSA) is 465 Å². The maximum absolute atomic E-state index is 12.7. The van der Waals surface area contributed by atoms with Gasteiger partial charge in [-0.3, -0.25) is 38.4 Å². The molecule has 7 amide bonds. The third kappa shape index (κ3) is 33.1. The minimum absolute atomic E-state index is 0.0895. The number of hydrogen-bond donors (Lipinski definition) is 14. The third-order valence-electron chi connectivity index (χ3n) is 11.5. The quantitative estimate of drug-likeness (QED) is 0.0367. The summed E-state index contributed by atoms with van der Waals surface area (Å²) in [4.78, 5) is 169. The Labute approximate surface area is 432 Å². The highest BCUT2D eigenvalue weighted by atomic mass is 16.4. The van der Waals surface area contributed by atoms with Crippen molar-refractivity contribution in [1.82, 2.24) is 37.2 Å². The second kappa shape index (κ2) is 38.2. The number of carbonyl (C=O) groups excluding carboxylic acids is 7. The van der Waals surface area contributed by atoms with Crippen molar-refractivity contribution in [1.29, 1.82) is 0 Å². The van der Waals surface area contributed by atoms with E-state index in [1.165, 1.54) is 39.0 Å². The molecule has 0 rings (SSSR count). The van der Waals surface area contributed by atoms with Crippen molar-refractivity contribution < 1.29 is 103 Å².